The SMILES string of the molecule is CCC(Oc1ccccc1Cl)C(=O)N1CC[C@@H](N)C1. The molecule has 104 valence electrons. The average Bonchev–Trinajstić information content (AvgIpc) is 2.84. The maximum Gasteiger partial charge on any atom is 0.263 e. The fourth-order valence-corrected chi connectivity index (χ4v) is 2.37. The number of benzene rings is 1. The molecule has 0 aliphatic carbocycles. The summed E-state index contributed by atoms with van der Waals surface area (Å²) in [5.74, 6) is 0.545. The number of amides is 1. The van der Waals surface area contributed by atoms with Crippen LogP contribution >= 0.6 is 11.6 Å². The van der Waals surface area contributed by atoms with Gasteiger partial charge < -0.3 is 15.4 Å². The second-order valence-corrected chi connectivity index (χ2v) is 5.19. The van der Waals surface area contributed by atoms with E-state index in [-0.39, 0.29) is 11.9 Å². The maximum atomic E-state index is 12.3. The molecular formula is C14H19ClN2O2. The topological polar surface area (TPSA) is 55.6 Å². The van der Waals surface area contributed by atoms with Crippen LogP contribution in [0.15, 0.2) is 24.3 Å². The van der Waals surface area contributed by atoms with Crippen LogP contribution in [0, 0.1) is 0 Å². The van der Waals surface area contributed by atoms with Gasteiger partial charge in [0.1, 0.15) is 5.75 Å². The summed E-state index contributed by atoms with van der Waals surface area (Å²) in [5, 5.41) is 0.520. The number of carbonyl (C=O) groups is 1. The first-order chi connectivity index (χ1) is 9.11. The van der Waals surface area contributed by atoms with E-state index in [0.29, 0.717) is 30.3 Å². The Kier molecular flexibility index (Phi) is 4.66. The van der Waals surface area contributed by atoms with Gasteiger partial charge in [0, 0.05) is 19.1 Å². The van der Waals surface area contributed by atoms with Crippen molar-refractivity contribution in [2.24, 2.45) is 5.73 Å². The Bertz CT molecular complexity index is 453. The number of halogens is 1. The van der Waals surface area contributed by atoms with Crippen LogP contribution in [0.5, 0.6) is 5.75 Å². The summed E-state index contributed by atoms with van der Waals surface area (Å²) in [4.78, 5) is 14.1. The molecule has 0 spiro atoms. The minimum Gasteiger partial charge on any atom is -0.479 e. The zero-order valence-electron chi connectivity index (χ0n) is 11.0. The summed E-state index contributed by atoms with van der Waals surface area (Å²) >= 11 is 6.04. The highest BCUT2D eigenvalue weighted by atomic mass is 35.5. The first-order valence-corrected chi connectivity index (χ1v) is 6.95. The number of nitrogens with zero attached hydrogens (tertiary/aromatic N) is 1. The molecule has 4 nitrogen and oxygen atoms in total. The molecular weight excluding hydrogens is 264 g/mol. The molecule has 19 heavy (non-hydrogen) atoms. The fraction of sp³-hybridized carbons (Fsp3) is 0.500. The Morgan fingerprint density at radius 1 is 1.58 bits per heavy atom. The summed E-state index contributed by atoms with van der Waals surface area (Å²) in [6.07, 6.45) is 0.967. The first-order valence-electron chi connectivity index (χ1n) is 6.57. The summed E-state index contributed by atoms with van der Waals surface area (Å²) in [5.41, 5.74) is 5.83. The van der Waals surface area contributed by atoms with Crippen LogP contribution in [0.2, 0.25) is 5.02 Å². The van der Waals surface area contributed by atoms with Crippen molar-refractivity contribution in [1.29, 1.82) is 0 Å². The molecule has 1 aromatic rings. The number of ether oxygens (including phenoxy) is 1. The monoisotopic (exact) mass is 282 g/mol. The predicted octanol–water partition coefficient (Wildman–Crippen LogP) is 2.06. The third kappa shape index (κ3) is 3.39. The molecule has 1 aliphatic heterocycles. The third-order valence-electron chi connectivity index (χ3n) is 3.29. The van der Waals surface area contributed by atoms with E-state index in [2.05, 4.69) is 0 Å². The molecule has 0 saturated carbocycles. The van der Waals surface area contributed by atoms with E-state index in [1.54, 1.807) is 17.0 Å². The van der Waals surface area contributed by atoms with E-state index < -0.39 is 6.10 Å². The van der Waals surface area contributed by atoms with Crippen LogP contribution < -0.4 is 10.5 Å². The Labute approximate surface area is 118 Å². The van der Waals surface area contributed by atoms with Crippen molar-refractivity contribution in [2.75, 3.05) is 13.1 Å². The third-order valence-corrected chi connectivity index (χ3v) is 3.60. The van der Waals surface area contributed by atoms with Gasteiger partial charge in [-0.05, 0) is 25.0 Å². The zero-order chi connectivity index (χ0) is 13.8. The summed E-state index contributed by atoms with van der Waals surface area (Å²) in [6.45, 7) is 3.25. The number of hydrogen-bond acceptors (Lipinski definition) is 3. The standard InChI is InChI=1S/C14H19ClN2O2/c1-2-12(14(18)17-8-7-10(16)9-17)19-13-6-4-3-5-11(13)15/h3-6,10,12H,2,7-9,16H2,1H3/t10-,12?/m1/s1. The van der Waals surface area contributed by atoms with Crippen LogP contribution in [0.1, 0.15) is 19.8 Å². The highest BCUT2D eigenvalue weighted by Gasteiger charge is 2.29. The summed E-state index contributed by atoms with van der Waals surface area (Å²) in [7, 11) is 0. The molecule has 1 amide bonds. The normalized spacial score (nSPS) is 20.4. The average molecular weight is 283 g/mol. The lowest BCUT2D eigenvalue weighted by molar-refractivity contribution is -0.137. The second-order valence-electron chi connectivity index (χ2n) is 4.78. The van der Waals surface area contributed by atoms with Crippen LogP contribution in [0.3, 0.4) is 0 Å². The number of nitrogens with two attached hydrogens (primary N) is 1. The summed E-state index contributed by atoms with van der Waals surface area (Å²) < 4.78 is 5.74. The van der Waals surface area contributed by atoms with E-state index in [9.17, 15) is 4.79 Å². The van der Waals surface area contributed by atoms with Gasteiger partial charge in [-0.1, -0.05) is 30.7 Å². The Morgan fingerprint density at radius 2 is 2.32 bits per heavy atom. The quantitative estimate of drug-likeness (QED) is 0.920. The van der Waals surface area contributed by atoms with Crippen LogP contribution in [-0.4, -0.2) is 36.0 Å². The number of carbonyl (C=O) groups excluding carboxylic acids is 1. The van der Waals surface area contributed by atoms with Crippen molar-refractivity contribution in [3.63, 3.8) is 0 Å². The molecule has 2 rings (SSSR count). The van der Waals surface area contributed by atoms with Gasteiger partial charge in [-0.25, -0.2) is 0 Å². The van der Waals surface area contributed by atoms with Crippen molar-refractivity contribution in [3.05, 3.63) is 29.3 Å². The Balaban J connectivity index is 2.04. The predicted molar refractivity (Wildman–Crippen MR) is 75.3 cm³/mol. The molecule has 1 saturated heterocycles. The van der Waals surface area contributed by atoms with E-state index in [1.165, 1.54) is 0 Å². The van der Waals surface area contributed by atoms with Gasteiger partial charge >= 0.3 is 0 Å². The highest BCUT2D eigenvalue weighted by molar-refractivity contribution is 6.32. The molecule has 0 bridgehead atoms. The van der Waals surface area contributed by atoms with Gasteiger partial charge in [0.15, 0.2) is 6.10 Å². The van der Waals surface area contributed by atoms with Crippen molar-refractivity contribution < 1.29 is 9.53 Å². The van der Waals surface area contributed by atoms with Crippen molar-refractivity contribution >= 4 is 17.5 Å². The molecule has 1 heterocycles. The van der Waals surface area contributed by atoms with E-state index in [0.717, 1.165) is 6.42 Å². The van der Waals surface area contributed by atoms with Crippen molar-refractivity contribution in [2.45, 2.75) is 31.9 Å². The smallest absolute Gasteiger partial charge is 0.263 e. The van der Waals surface area contributed by atoms with E-state index in [4.69, 9.17) is 22.1 Å². The minimum atomic E-state index is -0.495. The lowest BCUT2D eigenvalue weighted by Crippen LogP contribution is -2.41. The molecule has 1 aliphatic rings. The minimum absolute atomic E-state index is 0.00429. The van der Waals surface area contributed by atoms with Crippen LogP contribution in [0.4, 0.5) is 0 Å². The number of rotatable bonds is 4. The first kappa shape index (κ1) is 14.2. The van der Waals surface area contributed by atoms with Crippen LogP contribution in [-0.2, 0) is 4.79 Å². The lowest BCUT2D eigenvalue weighted by Gasteiger charge is -2.23. The van der Waals surface area contributed by atoms with Gasteiger partial charge in [0.2, 0.25) is 0 Å². The van der Waals surface area contributed by atoms with E-state index >= 15 is 0 Å². The van der Waals surface area contributed by atoms with Gasteiger partial charge in [0.25, 0.3) is 5.91 Å². The molecule has 5 heteroatoms. The second kappa shape index (κ2) is 6.26. The highest BCUT2D eigenvalue weighted by Crippen LogP contribution is 2.25. The Morgan fingerprint density at radius 3 is 2.89 bits per heavy atom. The largest absolute Gasteiger partial charge is 0.479 e. The molecule has 0 aromatic heterocycles. The Hall–Kier alpha value is -1.26. The van der Waals surface area contributed by atoms with Gasteiger partial charge in [-0.15, -0.1) is 0 Å². The number of hydrogen-bond donors (Lipinski definition) is 1. The molecule has 1 unspecified atom stereocenters. The molecule has 0 radical (unpaired) electrons. The molecule has 2 atom stereocenters. The van der Waals surface area contributed by atoms with Gasteiger partial charge in [0.05, 0.1) is 5.02 Å². The van der Waals surface area contributed by atoms with Crippen molar-refractivity contribution in [1.82, 2.24) is 4.90 Å². The van der Waals surface area contributed by atoms with Crippen LogP contribution in [0.25, 0.3) is 0 Å². The number of para-hydroxylation sites is 1. The number of likely N-dealkylation sites (tertiary alicyclic amines) is 1. The van der Waals surface area contributed by atoms with E-state index in [1.807, 2.05) is 19.1 Å². The van der Waals surface area contributed by atoms with Gasteiger partial charge in [-0.2, -0.15) is 0 Å². The fourth-order valence-electron chi connectivity index (χ4n) is 2.19. The molecule has 2 N–H and O–H groups in total. The van der Waals surface area contributed by atoms with Gasteiger partial charge in [-0.3, -0.25) is 4.79 Å². The molecule has 1 fully saturated rings. The van der Waals surface area contributed by atoms with Crippen molar-refractivity contribution in [3.8, 4) is 5.75 Å². The summed E-state index contributed by atoms with van der Waals surface area (Å²) in [6, 6.07) is 7.27. The zero-order valence-corrected chi connectivity index (χ0v) is 11.8. The lowest BCUT2D eigenvalue weighted by atomic mass is 10.2. The molecule has 1 aromatic carbocycles. The maximum absolute atomic E-state index is 12.3.